The summed E-state index contributed by atoms with van der Waals surface area (Å²) in [6.07, 6.45) is 0.914. The molecule has 3 atom stereocenters. The molecule has 0 heterocycles. The van der Waals surface area contributed by atoms with Gasteiger partial charge in [-0.2, -0.15) is 0 Å². The van der Waals surface area contributed by atoms with Crippen LogP contribution in [0.15, 0.2) is 0 Å². The average Bonchev–Trinajstić information content (AvgIpc) is 2.04. The van der Waals surface area contributed by atoms with Gasteiger partial charge in [-0.1, -0.05) is 0 Å². The van der Waals surface area contributed by atoms with Gasteiger partial charge in [0.25, 0.3) is 0 Å². The number of hydrogen-bond donors (Lipinski definition) is 2. The molecule has 1 aliphatic rings. The minimum absolute atomic E-state index is 0.0816. The number of primary amides is 1. The van der Waals surface area contributed by atoms with Gasteiger partial charge in [0.2, 0.25) is 5.91 Å². The molecule has 0 spiro atoms. The van der Waals surface area contributed by atoms with E-state index >= 15 is 0 Å². The monoisotopic (exact) mass is 185 g/mol. The summed E-state index contributed by atoms with van der Waals surface area (Å²) in [5.41, 5.74) is 5.11. The number of carbonyl (C=O) groups excluding carboxylic acids is 2. The molecule has 3 N–H and O–H groups in total. The summed E-state index contributed by atoms with van der Waals surface area (Å²) < 4.78 is 0. The Morgan fingerprint density at radius 2 is 2.00 bits per heavy atom. The first-order chi connectivity index (χ1) is 6.02. The highest BCUT2D eigenvalue weighted by molar-refractivity contribution is 5.81. The third-order valence-electron chi connectivity index (χ3n) is 2.75. The predicted octanol–water partition coefficient (Wildman–Crippen LogP) is -0.162. The van der Waals surface area contributed by atoms with Crippen LogP contribution in [0.5, 0.6) is 0 Å². The molecule has 1 aliphatic carbocycles. The molecule has 13 heavy (non-hydrogen) atoms. The largest absolute Gasteiger partial charge is 0.392 e. The molecule has 0 bridgehead atoms. The molecule has 3 unspecified atom stereocenters. The second kappa shape index (κ2) is 3.87. The second-order valence-electron chi connectivity index (χ2n) is 3.70. The van der Waals surface area contributed by atoms with Gasteiger partial charge in [-0.15, -0.1) is 0 Å². The summed E-state index contributed by atoms with van der Waals surface area (Å²) >= 11 is 0. The lowest BCUT2D eigenvalue weighted by atomic mass is 9.77. The zero-order valence-corrected chi connectivity index (χ0v) is 7.69. The number of hydrogen-bond acceptors (Lipinski definition) is 3. The van der Waals surface area contributed by atoms with E-state index in [-0.39, 0.29) is 11.7 Å². The molecule has 1 fully saturated rings. The van der Waals surface area contributed by atoms with Crippen LogP contribution in [0, 0.1) is 11.8 Å². The van der Waals surface area contributed by atoms with Crippen molar-refractivity contribution in [3.8, 4) is 0 Å². The van der Waals surface area contributed by atoms with E-state index in [4.69, 9.17) is 5.73 Å². The zero-order chi connectivity index (χ0) is 10.0. The third-order valence-corrected chi connectivity index (χ3v) is 2.75. The van der Waals surface area contributed by atoms with Crippen LogP contribution in [0.1, 0.15) is 26.2 Å². The van der Waals surface area contributed by atoms with E-state index in [9.17, 15) is 14.7 Å². The van der Waals surface area contributed by atoms with E-state index in [1.165, 1.54) is 6.92 Å². The van der Waals surface area contributed by atoms with Crippen LogP contribution in [-0.2, 0) is 9.59 Å². The van der Waals surface area contributed by atoms with Gasteiger partial charge in [0.05, 0.1) is 12.0 Å². The Bertz CT molecular complexity index is 227. The average molecular weight is 185 g/mol. The fraction of sp³-hybridized carbons (Fsp3) is 0.778. The van der Waals surface area contributed by atoms with E-state index in [0.29, 0.717) is 19.3 Å². The molecule has 0 saturated heterocycles. The first kappa shape index (κ1) is 10.2. The van der Waals surface area contributed by atoms with E-state index in [0.717, 1.165) is 0 Å². The van der Waals surface area contributed by atoms with E-state index in [2.05, 4.69) is 0 Å². The lowest BCUT2D eigenvalue weighted by molar-refractivity contribution is -0.130. The summed E-state index contributed by atoms with van der Waals surface area (Å²) in [4.78, 5) is 21.9. The van der Waals surface area contributed by atoms with Crippen LogP contribution in [0.3, 0.4) is 0 Å². The summed E-state index contributed by atoms with van der Waals surface area (Å²) in [5.74, 6) is -1.06. The van der Waals surface area contributed by atoms with E-state index < -0.39 is 17.9 Å². The Hall–Kier alpha value is -0.900. The molecule has 0 aromatic heterocycles. The topological polar surface area (TPSA) is 80.4 Å². The van der Waals surface area contributed by atoms with Gasteiger partial charge >= 0.3 is 0 Å². The molecule has 0 aromatic rings. The number of nitrogens with two attached hydrogens (primary N) is 1. The van der Waals surface area contributed by atoms with Gasteiger partial charge in [-0.3, -0.25) is 9.59 Å². The molecule has 4 heteroatoms. The van der Waals surface area contributed by atoms with Crippen molar-refractivity contribution >= 4 is 11.7 Å². The molecule has 74 valence electrons. The van der Waals surface area contributed by atoms with Gasteiger partial charge < -0.3 is 10.8 Å². The first-order valence-electron chi connectivity index (χ1n) is 4.50. The lowest BCUT2D eigenvalue weighted by Gasteiger charge is -2.29. The van der Waals surface area contributed by atoms with Gasteiger partial charge in [0, 0.05) is 5.92 Å². The highest BCUT2D eigenvalue weighted by atomic mass is 16.3. The van der Waals surface area contributed by atoms with Crippen LogP contribution in [-0.4, -0.2) is 22.9 Å². The molecule has 1 rings (SSSR count). The smallest absolute Gasteiger partial charge is 0.223 e. The van der Waals surface area contributed by atoms with Crippen LogP contribution < -0.4 is 5.73 Å². The number of rotatable bonds is 2. The van der Waals surface area contributed by atoms with Gasteiger partial charge in [-0.05, 0) is 26.2 Å². The highest BCUT2D eigenvalue weighted by Gasteiger charge is 2.34. The molecule has 0 aromatic carbocycles. The molecular weight excluding hydrogens is 170 g/mol. The predicted molar refractivity (Wildman–Crippen MR) is 46.7 cm³/mol. The Balaban J connectivity index is 2.63. The molecule has 0 aliphatic heterocycles. The first-order valence-corrected chi connectivity index (χ1v) is 4.50. The van der Waals surface area contributed by atoms with Crippen LogP contribution >= 0.6 is 0 Å². The third kappa shape index (κ3) is 2.28. The van der Waals surface area contributed by atoms with E-state index in [1.807, 2.05) is 0 Å². The minimum Gasteiger partial charge on any atom is -0.392 e. The fourth-order valence-corrected chi connectivity index (χ4v) is 1.83. The molecule has 4 nitrogen and oxygen atoms in total. The SMILES string of the molecule is CC(=O)C1CCC(O)C(C(N)=O)C1. The van der Waals surface area contributed by atoms with Crippen molar-refractivity contribution in [3.05, 3.63) is 0 Å². The number of aliphatic hydroxyl groups is 1. The van der Waals surface area contributed by atoms with Crippen molar-refractivity contribution in [1.82, 2.24) is 0 Å². The number of ketones is 1. The number of aliphatic hydroxyl groups excluding tert-OH is 1. The fourth-order valence-electron chi connectivity index (χ4n) is 1.83. The standard InChI is InChI=1S/C9H15NO3/c1-5(11)6-2-3-8(12)7(4-6)9(10)13/h6-8,12H,2-4H2,1H3,(H2,10,13). The number of carbonyl (C=O) groups is 2. The quantitative estimate of drug-likeness (QED) is 0.627. The summed E-state index contributed by atoms with van der Waals surface area (Å²) in [7, 11) is 0. The summed E-state index contributed by atoms with van der Waals surface area (Å²) in [5, 5.41) is 9.43. The van der Waals surface area contributed by atoms with Crippen LogP contribution in [0.2, 0.25) is 0 Å². The molecule has 0 radical (unpaired) electrons. The maximum Gasteiger partial charge on any atom is 0.223 e. The van der Waals surface area contributed by atoms with E-state index in [1.54, 1.807) is 0 Å². The van der Waals surface area contributed by atoms with Crippen molar-refractivity contribution in [2.45, 2.75) is 32.3 Å². The maximum absolute atomic E-state index is 11.0. The van der Waals surface area contributed by atoms with Gasteiger partial charge in [-0.25, -0.2) is 0 Å². The Morgan fingerprint density at radius 3 is 2.46 bits per heavy atom. The van der Waals surface area contributed by atoms with Crippen LogP contribution in [0.4, 0.5) is 0 Å². The van der Waals surface area contributed by atoms with Crippen molar-refractivity contribution in [3.63, 3.8) is 0 Å². The van der Waals surface area contributed by atoms with Gasteiger partial charge in [0.15, 0.2) is 0 Å². The molecule has 1 amide bonds. The Kier molecular flexibility index (Phi) is 3.03. The molecule has 1 saturated carbocycles. The van der Waals surface area contributed by atoms with Crippen molar-refractivity contribution in [1.29, 1.82) is 0 Å². The van der Waals surface area contributed by atoms with Crippen molar-refractivity contribution in [2.75, 3.05) is 0 Å². The Labute approximate surface area is 77.1 Å². The maximum atomic E-state index is 11.0. The van der Waals surface area contributed by atoms with Gasteiger partial charge in [0.1, 0.15) is 5.78 Å². The minimum atomic E-state index is -0.659. The summed E-state index contributed by atoms with van der Waals surface area (Å²) in [6, 6.07) is 0. The molecular formula is C9H15NO3. The highest BCUT2D eigenvalue weighted by Crippen LogP contribution is 2.29. The van der Waals surface area contributed by atoms with Crippen LogP contribution in [0.25, 0.3) is 0 Å². The zero-order valence-electron chi connectivity index (χ0n) is 7.69. The second-order valence-corrected chi connectivity index (χ2v) is 3.70. The van der Waals surface area contributed by atoms with Crippen molar-refractivity contribution < 1.29 is 14.7 Å². The Morgan fingerprint density at radius 1 is 1.38 bits per heavy atom. The number of Topliss-reactive ketones (excluding diaryl/α,β-unsaturated/α-hetero) is 1. The number of amides is 1. The summed E-state index contributed by atoms with van der Waals surface area (Å²) in [6.45, 7) is 1.51. The lowest BCUT2D eigenvalue weighted by Crippen LogP contribution is -2.39. The normalized spacial score (nSPS) is 34.2. The van der Waals surface area contributed by atoms with Crippen molar-refractivity contribution in [2.24, 2.45) is 17.6 Å².